The Morgan fingerprint density at radius 1 is 1.35 bits per heavy atom. The molecule has 3 unspecified atom stereocenters. The zero-order valence-corrected chi connectivity index (χ0v) is 10.7. The number of piperidine rings is 3. The molecular weight excluding hydrogens is 242 g/mol. The first kappa shape index (κ1) is 12.8. The Kier molecular flexibility index (Phi) is 3.46. The van der Waals surface area contributed by atoms with Gasteiger partial charge >= 0.3 is 5.97 Å². The minimum atomic E-state index is -0.579. The van der Waals surface area contributed by atoms with E-state index in [4.69, 9.17) is 4.74 Å². The molecule has 0 saturated carbocycles. The second-order valence-electron chi connectivity index (χ2n) is 5.06. The summed E-state index contributed by atoms with van der Waals surface area (Å²) in [6, 6.07) is 0.330. The lowest BCUT2D eigenvalue weighted by Crippen LogP contribution is -2.63. The van der Waals surface area contributed by atoms with Crippen LogP contribution in [0.15, 0.2) is 0 Å². The van der Waals surface area contributed by atoms with Crippen molar-refractivity contribution in [1.82, 2.24) is 4.90 Å². The molecule has 0 aliphatic carbocycles. The van der Waals surface area contributed by atoms with Crippen LogP contribution >= 0.6 is 12.4 Å². The van der Waals surface area contributed by atoms with Crippen molar-refractivity contribution in [3.8, 4) is 0 Å². The van der Waals surface area contributed by atoms with Crippen LogP contribution < -0.4 is 0 Å². The van der Waals surface area contributed by atoms with E-state index >= 15 is 0 Å². The molecule has 5 heteroatoms. The third-order valence-electron chi connectivity index (χ3n) is 4.27. The van der Waals surface area contributed by atoms with Gasteiger partial charge in [0, 0.05) is 18.0 Å². The highest BCUT2D eigenvalue weighted by Crippen LogP contribution is 2.45. The summed E-state index contributed by atoms with van der Waals surface area (Å²) in [6.07, 6.45) is 4.21. The highest BCUT2D eigenvalue weighted by molar-refractivity contribution is 6.05. The van der Waals surface area contributed by atoms with Gasteiger partial charge in [-0.05, 0) is 32.6 Å². The molecule has 4 saturated heterocycles. The summed E-state index contributed by atoms with van der Waals surface area (Å²) < 4.78 is 5.03. The zero-order chi connectivity index (χ0) is 11.3. The van der Waals surface area contributed by atoms with Gasteiger partial charge in [-0.25, -0.2) is 4.79 Å². The summed E-state index contributed by atoms with van der Waals surface area (Å²) in [5, 5.41) is 0. The average Bonchev–Trinajstić information content (AvgIpc) is 2.55. The highest BCUT2D eigenvalue weighted by Gasteiger charge is 2.56. The molecule has 4 aliphatic heterocycles. The molecule has 4 heterocycles. The molecule has 3 atom stereocenters. The largest absolute Gasteiger partial charge is 0.464 e. The molecule has 4 bridgehead atoms. The number of Topliss-reactive ketones (excluding diaryl/α,β-unsaturated/α-hetero) is 1. The van der Waals surface area contributed by atoms with Crippen molar-refractivity contribution in [2.75, 3.05) is 6.61 Å². The second-order valence-corrected chi connectivity index (χ2v) is 5.06. The Hall–Kier alpha value is -0.610. The topological polar surface area (TPSA) is 46.6 Å². The summed E-state index contributed by atoms with van der Waals surface area (Å²) in [6.45, 7) is 2.14. The van der Waals surface area contributed by atoms with Gasteiger partial charge in [-0.3, -0.25) is 9.69 Å². The van der Waals surface area contributed by atoms with Crippen LogP contribution in [0, 0.1) is 5.92 Å². The zero-order valence-electron chi connectivity index (χ0n) is 9.93. The van der Waals surface area contributed by atoms with E-state index < -0.39 is 6.04 Å². The predicted octanol–water partition coefficient (Wildman–Crippen LogP) is 1.17. The van der Waals surface area contributed by atoms with E-state index in [-0.39, 0.29) is 30.1 Å². The third-order valence-corrected chi connectivity index (χ3v) is 4.27. The molecule has 0 spiro atoms. The van der Waals surface area contributed by atoms with Gasteiger partial charge in [0.1, 0.15) is 0 Å². The summed E-state index contributed by atoms with van der Waals surface area (Å²) in [7, 11) is 0. The normalized spacial score (nSPS) is 42.2. The standard InChI is InChI=1S/C12H17NO3.ClH/c1-2-16-12(15)10-11(14)7-5-8-3-4-9(6-7)13(8)10;/h7-10H,2-6H2,1H3;1H. The molecule has 0 radical (unpaired) electrons. The smallest absolute Gasteiger partial charge is 0.331 e. The molecule has 0 aromatic carbocycles. The number of carbonyl (C=O) groups excluding carboxylic acids is 2. The number of hydrogen-bond acceptors (Lipinski definition) is 4. The van der Waals surface area contributed by atoms with Gasteiger partial charge in [0.05, 0.1) is 6.61 Å². The Bertz CT molecular complexity index is 333. The Labute approximate surface area is 107 Å². The van der Waals surface area contributed by atoms with E-state index in [1.165, 1.54) is 0 Å². The summed E-state index contributed by atoms with van der Waals surface area (Å²) in [5.41, 5.74) is 0. The fraction of sp³-hybridized carbons (Fsp3) is 0.833. The number of hydrogen-bond donors (Lipinski definition) is 0. The molecule has 4 nitrogen and oxygen atoms in total. The van der Waals surface area contributed by atoms with Crippen molar-refractivity contribution in [3.05, 3.63) is 0 Å². The summed E-state index contributed by atoms with van der Waals surface area (Å²) in [4.78, 5) is 26.1. The lowest BCUT2D eigenvalue weighted by Gasteiger charge is -2.48. The van der Waals surface area contributed by atoms with Gasteiger partial charge in [0.15, 0.2) is 11.8 Å². The maximum absolute atomic E-state index is 12.1. The number of rotatable bonds is 2. The molecule has 0 aromatic rings. The number of esters is 1. The third kappa shape index (κ3) is 1.78. The summed E-state index contributed by atoms with van der Waals surface area (Å²) in [5.74, 6) is -0.0986. The first-order valence-corrected chi connectivity index (χ1v) is 6.20. The summed E-state index contributed by atoms with van der Waals surface area (Å²) >= 11 is 0. The molecular formula is C12H18ClNO3. The van der Waals surface area contributed by atoms with Crippen LogP contribution in [0.5, 0.6) is 0 Å². The molecule has 4 rings (SSSR count). The van der Waals surface area contributed by atoms with Crippen LogP contribution in [-0.4, -0.2) is 41.4 Å². The van der Waals surface area contributed by atoms with E-state index in [1.54, 1.807) is 6.92 Å². The number of ketones is 1. The van der Waals surface area contributed by atoms with E-state index in [2.05, 4.69) is 4.90 Å². The van der Waals surface area contributed by atoms with E-state index in [0.29, 0.717) is 18.7 Å². The van der Waals surface area contributed by atoms with Crippen molar-refractivity contribution in [2.45, 2.75) is 50.7 Å². The number of nitrogens with zero attached hydrogens (tertiary/aromatic N) is 1. The van der Waals surface area contributed by atoms with Gasteiger partial charge in [-0.2, -0.15) is 0 Å². The van der Waals surface area contributed by atoms with Crippen molar-refractivity contribution in [2.24, 2.45) is 5.92 Å². The number of carbonyl (C=O) groups is 2. The molecule has 0 N–H and O–H groups in total. The Morgan fingerprint density at radius 3 is 2.47 bits per heavy atom. The molecule has 0 aromatic heterocycles. The quantitative estimate of drug-likeness (QED) is 0.552. The monoisotopic (exact) mass is 259 g/mol. The first-order chi connectivity index (χ1) is 7.72. The SMILES string of the molecule is CCOC(=O)C1C(=O)C2CC3CCC(C2)N31.Cl. The van der Waals surface area contributed by atoms with E-state index in [0.717, 1.165) is 25.7 Å². The molecule has 0 amide bonds. The lowest BCUT2D eigenvalue weighted by molar-refractivity contribution is -0.164. The van der Waals surface area contributed by atoms with Crippen LogP contribution in [0.25, 0.3) is 0 Å². The number of halogens is 1. The van der Waals surface area contributed by atoms with Gasteiger partial charge in [-0.1, -0.05) is 0 Å². The molecule has 4 fully saturated rings. The van der Waals surface area contributed by atoms with Gasteiger partial charge < -0.3 is 4.74 Å². The number of fused-ring (bicyclic) bond motifs is 1. The van der Waals surface area contributed by atoms with Crippen molar-refractivity contribution >= 4 is 24.2 Å². The van der Waals surface area contributed by atoms with Crippen molar-refractivity contribution < 1.29 is 14.3 Å². The predicted molar refractivity (Wildman–Crippen MR) is 64.0 cm³/mol. The fourth-order valence-electron chi connectivity index (χ4n) is 3.70. The second kappa shape index (κ2) is 4.58. The lowest BCUT2D eigenvalue weighted by atomic mass is 9.77. The van der Waals surface area contributed by atoms with Crippen LogP contribution in [0.4, 0.5) is 0 Å². The van der Waals surface area contributed by atoms with Crippen LogP contribution in [0.2, 0.25) is 0 Å². The average molecular weight is 260 g/mol. The molecule has 96 valence electrons. The number of ether oxygens (including phenoxy) is 1. The fourth-order valence-corrected chi connectivity index (χ4v) is 3.70. The van der Waals surface area contributed by atoms with Gasteiger partial charge in [0.2, 0.25) is 0 Å². The minimum absolute atomic E-state index is 0. The van der Waals surface area contributed by atoms with Crippen molar-refractivity contribution in [3.63, 3.8) is 0 Å². The Morgan fingerprint density at radius 2 is 1.94 bits per heavy atom. The van der Waals surface area contributed by atoms with Crippen LogP contribution in [0.1, 0.15) is 32.6 Å². The van der Waals surface area contributed by atoms with E-state index in [1.807, 2.05) is 0 Å². The maximum Gasteiger partial charge on any atom is 0.331 e. The van der Waals surface area contributed by atoms with Crippen LogP contribution in [0.3, 0.4) is 0 Å². The van der Waals surface area contributed by atoms with Crippen molar-refractivity contribution in [1.29, 1.82) is 0 Å². The van der Waals surface area contributed by atoms with Gasteiger partial charge in [0.25, 0.3) is 0 Å². The minimum Gasteiger partial charge on any atom is -0.464 e. The Balaban J connectivity index is 0.00000108. The molecule has 4 aliphatic rings. The van der Waals surface area contributed by atoms with Gasteiger partial charge in [-0.15, -0.1) is 12.4 Å². The first-order valence-electron chi connectivity index (χ1n) is 6.20. The maximum atomic E-state index is 12.1. The van der Waals surface area contributed by atoms with E-state index in [9.17, 15) is 9.59 Å². The molecule has 17 heavy (non-hydrogen) atoms. The van der Waals surface area contributed by atoms with Crippen LogP contribution in [-0.2, 0) is 14.3 Å². The highest BCUT2D eigenvalue weighted by atomic mass is 35.5.